The molecule has 106 valence electrons. The SMILES string of the molecule is Cc1ccsc1CNC1C2CC3CC(C2)CC1C3.[Cl-]. The summed E-state index contributed by atoms with van der Waals surface area (Å²) < 4.78 is 0. The van der Waals surface area contributed by atoms with Crippen molar-refractivity contribution in [3.63, 3.8) is 0 Å². The van der Waals surface area contributed by atoms with E-state index in [9.17, 15) is 0 Å². The fraction of sp³-hybridized carbons (Fsp3) is 0.750. The molecular weight excluding hydrogens is 274 g/mol. The average molecular weight is 297 g/mol. The third-order valence-corrected chi connectivity index (χ3v) is 6.72. The Hall–Kier alpha value is -0.0500. The summed E-state index contributed by atoms with van der Waals surface area (Å²) in [4.78, 5) is 1.55. The van der Waals surface area contributed by atoms with E-state index < -0.39 is 0 Å². The lowest BCUT2D eigenvalue weighted by Gasteiger charge is -2.54. The van der Waals surface area contributed by atoms with Crippen LogP contribution in [0.2, 0.25) is 0 Å². The molecule has 0 amide bonds. The molecule has 19 heavy (non-hydrogen) atoms. The van der Waals surface area contributed by atoms with Crippen LogP contribution < -0.4 is 17.7 Å². The van der Waals surface area contributed by atoms with Gasteiger partial charge in [-0.05, 0) is 79.7 Å². The summed E-state index contributed by atoms with van der Waals surface area (Å²) in [5.41, 5.74) is 1.47. The fourth-order valence-corrected chi connectivity index (χ4v) is 5.91. The zero-order chi connectivity index (χ0) is 12.1. The van der Waals surface area contributed by atoms with Crippen LogP contribution in [0.5, 0.6) is 0 Å². The van der Waals surface area contributed by atoms with E-state index in [1.165, 1.54) is 31.2 Å². The summed E-state index contributed by atoms with van der Waals surface area (Å²) in [5.74, 6) is 4.19. The normalized spacial score (nSPS) is 39.3. The highest BCUT2D eigenvalue weighted by atomic mass is 35.5. The van der Waals surface area contributed by atoms with Crippen molar-refractivity contribution in [3.8, 4) is 0 Å². The van der Waals surface area contributed by atoms with Gasteiger partial charge in [0.25, 0.3) is 0 Å². The van der Waals surface area contributed by atoms with Gasteiger partial charge in [0.05, 0.1) is 0 Å². The van der Waals surface area contributed by atoms with Gasteiger partial charge in [-0.15, -0.1) is 11.3 Å². The van der Waals surface area contributed by atoms with E-state index in [2.05, 4.69) is 23.7 Å². The number of rotatable bonds is 3. The Bertz CT molecular complexity index is 414. The topological polar surface area (TPSA) is 12.0 Å². The van der Waals surface area contributed by atoms with Gasteiger partial charge in [0.1, 0.15) is 0 Å². The van der Waals surface area contributed by atoms with E-state index in [0.29, 0.717) is 0 Å². The molecule has 5 rings (SSSR count). The van der Waals surface area contributed by atoms with E-state index in [0.717, 1.165) is 36.3 Å². The lowest BCUT2D eigenvalue weighted by Crippen LogP contribution is -3.00. The largest absolute Gasteiger partial charge is 1.00 e. The number of halogens is 1. The number of hydrogen-bond donors (Lipinski definition) is 1. The van der Waals surface area contributed by atoms with Crippen molar-refractivity contribution in [1.29, 1.82) is 0 Å². The Labute approximate surface area is 126 Å². The van der Waals surface area contributed by atoms with Crippen molar-refractivity contribution < 1.29 is 12.4 Å². The second-order valence-electron chi connectivity index (χ2n) is 6.86. The minimum atomic E-state index is 0. The quantitative estimate of drug-likeness (QED) is 0.877. The van der Waals surface area contributed by atoms with Crippen molar-refractivity contribution >= 4 is 11.3 Å². The molecule has 0 unspecified atom stereocenters. The maximum atomic E-state index is 3.92. The minimum absolute atomic E-state index is 0. The van der Waals surface area contributed by atoms with E-state index in [1.54, 1.807) is 11.3 Å². The number of thiophene rings is 1. The predicted molar refractivity (Wildman–Crippen MR) is 76.7 cm³/mol. The molecule has 1 heterocycles. The third-order valence-electron chi connectivity index (χ3n) is 5.69. The molecule has 4 bridgehead atoms. The highest BCUT2D eigenvalue weighted by Gasteiger charge is 2.47. The van der Waals surface area contributed by atoms with Crippen LogP contribution in [-0.2, 0) is 6.54 Å². The molecule has 4 aliphatic rings. The summed E-state index contributed by atoms with van der Waals surface area (Å²) in [5, 5.41) is 6.14. The molecule has 4 aliphatic carbocycles. The number of nitrogens with one attached hydrogen (secondary N) is 1. The number of aryl methyl sites for hydroxylation is 1. The average Bonchev–Trinajstić information content (AvgIpc) is 2.73. The van der Waals surface area contributed by atoms with Crippen LogP contribution in [0.25, 0.3) is 0 Å². The van der Waals surface area contributed by atoms with Gasteiger partial charge in [-0.2, -0.15) is 0 Å². The standard InChI is InChI=1S/C16H23NS.ClH/c1-10-2-3-18-15(10)9-17-16-13-5-11-4-12(7-13)8-14(16)6-11;/h2-3,11-14,16-17H,4-9H2,1H3;1H/p-1. The van der Waals surface area contributed by atoms with Crippen molar-refractivity contribution in [2.75, 3.05) is 0 Å². The fourth-order valence-electron chi connectivity index (χ4n) is 5.05. The molecule has 1 N–H and O–H groups in total. The summed E-state index contributed by atoms with van der Waals surface area (Å²) in [6.45, 7) is 3.35. The highest BCUT2D eigenvalue weighted by molar-refractivity contribution is 7.10. The van der Waals surface area contributed by atoms with Gasteiger partial charge in [0.2, 0.25) is 0 Å². The van der Waals surface area contributed by atoms with Gasteiger partial charge in [-0.1, -0.05) is 0 Å². The van der Waals surface area contributed by atoms with Crippen LogP contribution in [-0.4, -0.2) is 6.04 Å². The Morgan fingerprint density at radius 3 is 2.26 bits per heavy atom. The van der Waals surface area contributed by atoms with Gasteiger partial charge in [0.15, 0.2) is 0 Å². The van der Waals surface area contributed by atoms with E-state index in [4.69, 9.17) is 0 Å². The molecule has 0 aromatic carbocycles. The summed E-state index contributed by atoms with van der Waals surface area (Å²) in [6, 6.07) is 3.08. The monoisotopic (exact) mass is 296 g/mol. The van der Waals surface area contributed by atoms with Crippen molar-refractivity contribution in [1.82, 2.24) is 5.32 Å². The molecule has 0 radical (unpaired) electrons. The van der Waals surface area contributed by atoms with Gasteiger partial charge < -0.3 is 17.7 Å². The second-order valence-corrected chi connectivity index (χ2v) is 7.86. The van der Waals surface area contributed by atoms with Crippen molar-refractivity contribution in [2.24, 2.45) is 23.7 Å². The molecule has 1 nitrogen and oxygen atoms in total. The van der Waals surface area contributed by atoms with Crippen LogP contribution in [0.1, 0.15) is 42.5 Å². The minimum Gasteiger partial charge on any atom is -1.00 e. The van der Waals surface area contributed by atoms with Crippen LogP contribution in [0.3, 0.4) is 0 Å². The third kappa shape index (κ3) is 2.48. The first-order chi connectivity index (χ1) is 8.79. The molecule has 3 heteroatoms. The van der Waals surface area contributed by atoms with Crippen LogP contribution in [0.4, 0.5) is 0 Å². The molecular formula is C16H23ClNS-. The molecule has 4 saturated carbocycles. The molecule has 4 fully saturated rings. The van der Waals surface area contributed by atoms with Crippen molar-refractivity contribution in [2.45, 2.75) is 51.6 Å². The smallest absolute Gasteiger partial charge is 0.0305 e. The van der Waals surface area contributed by atoms with Gasteiger partial charge in [-0.25, -0.2) is 0 Å². The maximum Gasteiger partial charge on any atom is 0.0305 e. The van der Waals surface area contributed by atoms with E-state index >= 15 is 0 Å². The lowest BCUT2D eigenvalue weighted by atomic mass is 9.54. The van der Waals surface area contributed by atoms with Crippen LogP contribution in [0.15, 0.2) is 11.4 Å². The van der Waals surface area contributed by atoms with E-state index in [1.807, 2.05) is 11.3 Å². The summed E-state index contributed by atoms with van der Waals surface area (Å²) >= 11 is 1.91. The molecule has 0 aliphatic heterocycles. The lowest BCUT2D eigenvalue weighted by molar-refractivity contribution is -0.0142. The predicted octanol–water partition coefficient (Wildman–Crippen LogP) is 0.975. The summed E-state index contributed by atoms with van der Waals surface area (Å²) in [6.07, 6.45) is 7.65. The molecule has 0 saturated heterocycles. The number of hydrogen-bond acceptors (Lipinski definition) is 2. The molecule has 0 atom stereocenters. The highest BCUT2D eigenvalue weighted by Crippen LogP contribution is 2.53. The maximum absolute atomic E-state index is 3.92. The Balaban J connectivity index is 0.00000110. The Morgan fingerprint density at radius 1 is 1.11 bits per heavy atom. The van der Waals surface area contributed by atoms with E-state index in [-0.39, 0.29) is 12.4 Å². The first-order valence-corrected chi connectivity index (χ1v) is 8.44. The van der Waals surface area contributed by atoms with Crippen LogP contribution >= 0.6 is 11.3 Å². The summed E-state index contributed by atoms with van der Waals surface area (Å²) in [7, 11) is 0. The zero-order valence-corrected chi connectivity index (χ0v) is 13.1. The van der Waals surface area contributed by atoms with Crippen LogP contribution in [0, 0.1) is 30.6 Å². The first kappa shape index (κ1) is 13.9. The Morgan fingerprint density at radius 2 is 1.74 bits per heavy atom. The van der Waals surface area contributed by atoms with Gasteiger partial charge >= 0.3 is 0 Å². The molecule has 1 aromatic rings. The van der Waals surface area contributed by atoms with Crippen molar-refractivity contribution in [3.05, 3.63) is 21.9 Å². The van der Waals surface area contributed by atoms with Gasteiger partial charge in [-0.3, -0.25) is 0 Å². The van der Waals surface area contributed by atoms with Gasteiger partial charge in [0, 0.05) is 17.5 Å². The zero-order valence-electron chi connectivity index (χ0n) is 11.6. The molecule has 1 aromatic heterocycles. The first-order valence-electron chi connectivity index (χ1n) is 7.56. The second kappa shape index (κ2) is 5.38. The molecule has 0 spiro atoms. The Kier molecular flexibility index (Phi) is 3.94.